The third-order valence-corrected chi connectivity index (χ3v) is 5.37. The molecular formula is C16H21FN6O2S. The van der Waals surface area contributed by atoms with Gasteiger partial charge in [0.15, 0.2) is 5.82 Å². The van der Waals surface area contributed by atoms with E-state index in [1.807, 2.05) is 14.1 Å². The minimum Gasteiger partial charge on any atom is -0.347 e. The Bertz CT molecular complexity index is 884. The molecule has 26 heavy (non-hydrogen) atoms. The van der Waals surface area contributed by atoms with Gasteiger partial charge in [0.2, 0.25) is 21.9 Å². The molecule has 1 aliphatic heterocycles. The molecule has 8 nitrogen and oxygen atoms in total. The SMILES string of the molecule is CN(C)c1nc(CNS(=O)(=O)c2cccc(F)c2)nc(N2CCCC2)n1. The predicted molar refractivity (Wildman–Crippen MR) is 96.0 cm³/mol. The molecule has 0 radical (unpaired) electrons. The van der Waals surface area contributed by atoms with E-state index in [1.165, 1.54) is 18.2 Å². The summed E-state index contributed by atoms with van der Waals surface area (Å²) in [6.07, 6.45) is 2.15. The smallest absolute Gasteiger partial charge is 0.241 e. The average molecular weight is 380 g/mol. The maximum atomic E-state index is 13.3. The summed E-state index contributed by atoms with van der Waals surface area (Å²) in [6, 6.07) is 4.84. The van der Waals surface area contributed by atoms with Gasteiger partial charge in [0, 0.05) is 27.2 Å². The summed E-state index contributed by atoms with van der Waals surface area (Å²) in [5.74, 6) is 0.702. The summed E-state index contributed by atoms with van der Waals surface area (Å²) in [7, 11) is -0.245. The summed E-state index contributed by atoms with van der Waals surface area (Å²) < 4.78 is 40.4. The van der Waals surface area contributed by atoms with Gasteiger partial charge in [-0.25, -0.2) is 17.5 Å². The van der Waals surface area contributed by atoms with Crippen LogP contribution in [-0.4, -0.2) is 50.6 Å². The van der Waals surface area contributed by atoms with Crippen LogP contribution in [0.1, 0.15) is 18.7 Å². The van der Waals surface area contributed by atoms with Gasteiger partial charge in [-0.15, -0.1) is 0 Å². The molecule has 2 heterocycles. The van der Waals surface area contributed by atoms with Crippen LogP contribution >= 0.6 is 0 Å². The van der Waals surface area contributed by atoms with Crippen molar-refractivity contribution in [1.29, 1.82) is 0 Å². The number of rotatable bonds is 6. The van der Waals surface area contributed by atoms with Gasteiger partial charge in [0.1, 0.15) is 5.82 Å². The van der Waals surface area contributed by atoms with Gasteiger partial charge in [-0.1, -0.05) is 6.07 Å². The molecule has 10 heteroatoms. The van der Waals surface area contributed by atoms with Gasteiger partial charge in [-0.3, -0.25) is 0 Å². The summed E-state index contributed by atoms with van der Waals surface area (Å²) in [5.41, 5.74) is 0. The van der Waals surface area contributed by atoms with Crippen molar-refractivity contribution in [2.45, 2.75) is 24.3 Å². The number of nitrogens with one attached hydrogen (secondary N) is 1. The van der Waals surface area contributed by atoms with Crippen LogP contribution in [0.5, 0.6) is 0 Å². The lowest BCUT2D eigenvalue weighted by Crippen LogP contribution is -2.27. The maximum Gasteiger partial charge on any atom is 0.241 e. The minimum atomic E-state index is -3.86. The first-order chi connectivity index (χ1) is 12.3. The molecule has 0 bridgehead atoms. The molecule has 0 atom stereocenters. The van der Waals surface area contributed by atoms with Crippen molar-refractivity contribution in [3.8, 4) is 0 Å². The van der Waals surface area contributed by atoms with Gasteiger partial charge in [0.05, 0.1) is 11.4 Å². The Kier molecular flexibility index (Phi) is 5.33. The van der Waals surface area contributed by atoms with E-state index in [-0.39, 0.29) is 11.4 Å². The minimum absolute atomic E-state index is 0.108. The first kappa shape index (κ1) is 18.5. The third kappa shape index (κ3) is 4.25. The van der Waals surface area contributed by atoms with E-state index >= 15 is 0 Å². The Hall–Kier alpha value is -2.33. The van der Waals surface area contributed by atoms with Gasteiger partial charge in [0.25, 0.3) is 0 Å². The van der Waals surface area contributed by atoms with Crippen LogP contribution in [0.25, 0.3) is 0 Å². The normalized spacial score (nSPS) is 14.7. The van der Waals surface area contributed by atoms with E-state index in [4.69, 9.17) is 0 Å². The molecule has 0 spiro atoms. The van der Waals surface area contributed by atoms with Crippen LogP contribution in [0.15, 0.2) is 29.2 Å². The van der Waals surface area contributed by atoms with Crippen molar-refractivity contribution in [2.24, 2.45) is 0 Å². The van der Waals surface area contributed by atoms with E-state index in [9.17, 15) is 12.8 Å². The van der Waals surface area contributed by atoms with Crippen molar-refractivity contribution in [2.75, 3.05) is 37.0 Å². The first-order valence-electron chi connectivity index (χ1n) is 8.27. The number of hydrogen-bond donors (Lipinski definition) is 1. The monoisotopic (exact) mass is 380 g/mol. The zero-order valence-corrected chi connectivity index (χ0v) is 15.5. The zero-order valence-electron chi connectivity index (χ0n) is 14.7. The summed E-state index contributed by atoms with van der Waals surface area (Å²) in [5, 5.41) is 0. The molecule has 1 N–H and O–H groups in total. The van der Waals surface area contributed by atoms with Crippen LogP contribution in [0.3, 0.4) is 0 Å². The van der Waals surface area contributed by atoms with Crippen LogP contribution in [0, 0.1) is 5.82 Å². The van der Waals surface area contributed by atoms with E-state index in [0.29, 0.717) is 17.7 Å². The first-order valence-corrected chi connectivity index (χ1v) is 9.76. The molecule has 1 fully saturated rings. The number of nitrogens with zero attached hydrogens (tertiary/aromatic N) is 5. The fraction of sp³-hybridized carbons (Fsp3) is 0.438. The third-order valence-electron chi connectivity index (χ3n) is 3.97. The van der Waals surface area contributed by atoms with Gasteiger partial charge >= 0.3 is 0 Å². The fourth-order valence-electron chi connectivity index (χ4n) is 2.61. The van der Waals surface area contributed by atoms with Crippen molar-refractivity contribution < 1.29 is 12.8 Å². The second-order valence-electron chi connectivity index (χ2n) is 6.22. The topological polar surface area (TPSA) is 91.3 Å². The molecule has 0 unspecified atom stereocenters. The standard InChI is InChI=1S/C16H21FN6O2S/c1-22(2)15-19-14(20-16(21-15)23-8-3-4-9-23)11-18-26(24,25)13-7-5-6-12(17)10-13/h5-7,10,18H,3-4,8-9,11H2,1-2H3. The number of hydrogen-bond acceptors (Lipinski definition) is 7. The number of aromatic nitrogens is 3. The molecule has 1 saturated heterocycles. The molecule has 1 aromatic heterocycles. The summed E-state index contributed by atoms with van der Waals surface area (Å²) >= 11 is 0. The second-order valence-corrected chi connectivity index (χ2v) is 7.99. The molecule has 0 amide bonds. The van der Waals surface area contributed by atoms with Crippen LogP contribution in [-0.2, 0) is 16.6 Å². The lowest BCUT2D eigenvalue weighted by Gasteiger charge is -2.19. The van der Waals surface area contributed by atoms with Crippen molar-refractivity contribution >= 4 is 21.9 Å². The van der Waals surface area contributed by atoms with Crippen LogP contribution < -0.4 is 14.5 Å². The lowest BCUT2D eigenvalue weighted by atomic mass is 10.4. The predicted octanol–water partition coefficient (Wildman–Crippen LogP) is 1.16. The quantitative estimate of drug-likeness (QED) is 0.804. The molecule has 3 rings (SSSR count). The van der Waals surface area contributed by atoms with Gasteiger partial charge in [-0.2, -0.15) is 15.0 Å². The highest BCUT2D eigenvalue weighted by Crippen LogP contribution is 2.18. The fourth-order valence-corrected chi connectivity index (χ4v) is 3.62. The Morgan fingerprint density at radius 3 is 2.58 bits per heavy atom. The molecule has 0 aliphatic carbocycles. The number of halogens is 1. The highest BCUT2D eigenvalue weighted by molar-refractivity contribution is 7.89. The van der Waals surface area contributed by atoms with Crippen molar-refractivity contribution in [3.05, 3.63) is 35.9 Å². The average Bonchev–Trinajstić information content (AvgIpc) is 3.14. The molecule has 1 aliphatic rings. The van der Waals surface area contributed by atoms with Crippen LogP contribution in [0.2, 0.25) is 0 Å². The van der Waals surface area contributed by atoms with E-state index in [1.54, 1.807) is 4.90 Å². The van der Waals surface area contributed by atoms with Crippen molar-refractivity contribution in [1.82, 2.24) is 19.7 Å². The van der Waals surface area contributed by atoms with Crippen LogP contribution in [0.4, 0.5) is 16.3 Å². The van der Waals surface area contributed by atoms with Gasteiger partial charge in [-0.05, 0) is 31.0 Å². The zero-order chi connectivity index (χ0) is 18.7. The largest absolute Gasteiger partial charge is 0.347 e. The highest BCUT2D eigenvalue weighted by Gasteiger charge is 2.20. The Labute approximate surface area is 152 Å². The van der Waals surface area contributed by atoms with Crippen molar-refractivity contribution in [3.63, 3.8) is 0 Å². The molecule has 2 aromatic rings. The van der Waals surface area contributed by atoms with E-state index in [0.717, 1.165) is 32.0 Å². The Morgan fingerprint density at radius 2 is 1.92 bits per heavy atom. The summed E-state index contributed by atoms with van der Waals surface area (Å²) in [6.45, 7) is 1.62. The van der Waals surface area contributed by atoms with Gasteiger partial charge < -0.3 is 9.80 Å². The van der Waals surface area contributed by atoms with E-state index in [2.05, 4.69) is 24.6 Å². The Balaban J connectivity index is 1.82. The number of benzene rings is 1. The summed E-state index contributed by atoms with van der Waals surface area (Å²) in [4.78, 5) is 16.8. The molecular weight excluding hydrogens is 359 g/mol. The maximum absolute atomic E-state index is 13.3. The van der Waals surface area contributed by atoms with E-state index < -0.39 is 15.8 Å². The molecule has 0 saturated carbocycles. The Morgan fingerprint density at radius 1 is 1.19 bits per heavy atom. The number of anilines is 2. The second kappa shape index (κ2) is 7.50. The highest BCUT2D eigenvalue weighted by atomic mass is 32.2. The lowest BCUT2D eigenvalue weighted by molar-refractivity contribution is 0.575. The molecule has 140 valence electrons. The molecule has 1 aromatic carbocycles. The number of sulfonamides is 1.